The van der Waals surface area contributed by atoms with E-state index in [1.165, 1.54) is 81.4 Å². The zero-order chi connectivity index (χ0) is 63.5. The molecule has 0 bridgehead atoms. The molecule has 0 aliphatic carbocycles. The van der Waals surface area contributed by atoms with Crippen molar-refractivity contribution in [3.63, 3.8) is 0 Å². The number of rotatable bonds is 35. The quantitative estimate of drug-likeness (QED) is 0.0310. The molecule has 0 spiro atoms. The van der Waals surface area contributed by atoms with Crippen LogP contribution in [-0.4, -0.2) is 177 Å². The number of benzene rings is 2. The van der Waals surface area contributed by atoms with Crippen molar-refractivity contribution in [1.82, 2.24) is 46.7 Å². The van der Waals surface area contributed by atoms with Crippen molar-refractivity contribution in [3.05, 3.63) is 89.2 Å². The van der Waals surface area contributed by atoms with Crippen LogP contribution in [0, 0.1) is 5.92 Å². The number of halogens is 4. The largest absolute Gasteiger partial charge is 0.457 e. The molecule has 1 aliphatic rings. The minimum Gasteiger partial charge on any atom is -0.457 e. The van der Waals surface area contributed by atoms with E-state index in [1.807, 2.05) is 13.8 Å². The lowest BCUT2D eigenvalue weighted by Gasteiger charge is -2.28. The zero-order valence-electron chi connectivity index (χ0n) is 48.2. The summed E-state index contributed by atoms with van der Waals surface area (Å²) in [5.74, 6) is -5.40. The number of likely N-dealkylation sites (N-methyl/N-ethyl adjacent to an activating group) is 1. The number of alkyl halides is 3. The van der Waals surface area contributed by atoms with Gasteiger partial charge in [-0.05, 0) is 81.6 Å². The fourth-order valence-electron chi connectivity index (χ4n) is 7.72. The first-order valence-electron chi connectivity index (χ1n) is 27.2. The normalized spacial score (nSPS) is 13.4. The number of amides is 11. The summed E-state index contributed by atoms with van der Waals surface area (Å²) in [6.07, 6.45) is -1.52. The molecule has 3 aromatic rings. The molecule has 4 rings (SSSR count). The van der Waals surface area contributed by atoms with Gasteiger partial charge in [0.1, 0.15) is 47.1 Å². The van der Waals surface area contributed by atoms with Crippen molar-refractivity contribution in [2.24, 2.45) is 5.92 Å². The van der Waals surface area contributed by atoms with Crippen LogP contribution in [0.15, 0.2) is 72.9 Å². The van der Waals surface area contributed by atoms with Crippen LogP contribution < -0.4 is 47.3 Å². The van der Waals surface area contributed by atoms with Gasteiger partial charge in [-0.1, -0.05) is 25.4 Å². The third-order valence-corrected chi connectivity index (χ3v) is 12.5. The van der Waals surface area contributed by atoms with Gasteiger partial charge in [0.15, 0.2) is 0 Å². The number of pyridine rings is 1. The minimum absolute atomic E-state index is 0.00824. The second-order valence-electron chi connectivity index (χ2n) is 19.8. The number of urea groups is 1. The Labute approximate surface area is 498 Å². The molecular weight excluding hydrogens is 1160 g/mol. The summed E-state index contributed by atoms with van der Waals surface area (Å²) >= 11 is 5.65. The van der Waals surface area contributed by atoms with Gasteiger partial charge < -0.3 is 66.4 Å². The number of Topliss-reactive ketones (excluding diaryl/α,β-unsaturated/α-hetero) is 1. The molecule has 4 atom stereocenters. The molecule has 86 heavy (non-hydrogen) atoms. The molecule has 11 amide bonds. The fraction of sp³-hybridized carbons (Fsp3) is 0.464. The van der Waals surface area contributed by atoms with Crippen LogP contribution in [0.4, 0.5) is 29.3 Å². The molecule has 0 saturated carbocycles. The van der Waals surface area contributed by atoms with Gasteiger partial charge in [0, 0.05) is 88.3 Å². The number of ether oxygens (including phenoxy) is 4. The van der Waals surface area contributed by atoms with Crippen molar-refractivity contribution < 1.29 is 84.9 Å². The number of nitrogens with one attached hydrogen (secondary N) is 8. The second kappa shape index (κ2) is 35.0. The van der Waals surface area contributed by atoms with Crippen LogP contribution in [0.1, 0.15) is 76.4 Å². The number of imide groups is 1. The van der Waals surface area contributed by atoms with Gasteiger partial charge in [0.25, 0.3) is 17.7 Å². The van der Waals surface area contributed by atoms with Crippen molar-refractivity contribution in [2.75, 3.05) is 83.5 Å². The van der Waals surface area contributed by atoms with Crippen molar-refractivity contribution in [1.29, 1.82) is 0 Å². The molecule has 8 N–H and O–H groups in total. The van der Waals surface area contributed by atoms with E-state index in [4.69, 9.17) is 30.5 Å². The minimum atomic E-state index is -4.72. The number of aromatic nitrogens is 1. The van der Waals surface area contributed by atoms with E-state index in [0.29, 0.717) is 11.8 Å². The predicted octanol–water partition coefficient (Wildman–Crippen LogP) is 3.25. The van der Waals surface area contributed by atoms with E-state index in [0.717, 1.165) is 23.1 Å². The van der Waals surface area contributed by atoms with Gasteiger partial charge in [0.05, 0.1) is 50.2 Å². The molecule has 0 fully saturated rings. The van der Waals surface area contributed by atoms with Gasteiger partial charge >= 0.3 is 12.2 Å². The third-order valence-electron chi connectivity index (χ3n) is 12.2. The topological polar surface area (TPSA) is 340 Å². The Balaban J connectivity index is 1.13. The van der Waals surface area contributed by atoms with E-state index in [-0.39, 0.29) is 120 Å². The molecule has 30 heteroatoms. The van der Waals surface area contributed by atoms with Crippen LogP contribution in [-0.2, 0) is 63.5 Å². The van der Waals surface area contributed by atoms with Crippen LogP contribution in [0.5, 0.6) is 11.5 Å². The molecule has 26 nitrogen and oxygen atoms in total. The van der Waals surface area contributed by atoms with E-state index < -0.39 is 106 Å². The van der Waals surface area contributed by atoms with Crippen molar-refractivity contribution >= 4 is 88.0 Å². The predicted molar refractivity (Wildman–Crippen MR) is 304 cm³/mol. The van der Waals surface area contributed by atoms with Gasteiger partial charge in [0.2, 0.25) is 35.4 Å². The summed E-state index contributed by atoms with van der Waals surface area (Å²) in [6, 6.07) is 6.01. The smallest absolute Gasteiger partial charge is 0.417 e. The molecule has 2 heterocycles. The lowest BCUT2D eigenvalue weighted by atomic mass is 10.0. The van der Waals surface area contributed by atoms with Crippen LogP contribution in [0.25, 0.3) is 0 Å². The summed E-state index contributed by atoms with van der Waals surface area (Å²) < 4.78 is 61.8. The van der Waals surface area contributed by atoms with E-state index in [2.05, 4.69) is 47.5 Å². The Morgan fingerprint density at radius 1 is 0.663 bits per heavy atom. The Hall–Kier alpha value is -8.54. The van der Waals surface area contributed by atoms with Crippen LogP contribution in [0.2, 0.25) is 5.02 Å². The summed E-state index contributed by atoms with van der Waals surface area (Å²) in [5, 5.41) is 19.7. The molecule has 1 unspecified atom stereocenters. The standard InChI is InChI=1S/C56H71ClF3N11O15/c1-33(2)29-45(54(81)70(6)22-19-63-52(79)43-32-40(15-18-61-43)86-39-10-7-37(8-11-39)66-55(82)67-38-9-12-42(57)41(31-38)56(58,59)60)69-53(80)44(30-34(3)72)68-51(78)36(5)65-50(77)35(4)64-47(74)17-23-83-25-27-85-28-26-84-24-20-62-46(73)16-21-71-48(75)13-14-49(71)76/h7-15,18,31-33,35-36,44-45H,16-17,19-30H2,1-6H3,(H,62,73)(H,63,79)(H,64,74)(H,65,77)(H,68,78)(H,69,80)(H2,66,67,82)/t35-,36-,44-,45?/m1/s1. The SMILES string of the molecule is CC(=O)C[C@@H](NC(=O)[C@@H](C)NC(=O)[C@@H](C)NC(=O)CCOCCOCCOCCNC(=O)CCN1C(=O)C=CC1=O)C(=O)NC(CC(C)C)C(=O)N(C)CCNC(=O)c1cc(Oc2ccc(NC(=O)Nc3ccc(Cl)c(C(F)(F)F)c3)cc2)ccn1. The highest BCUT2D eigenvalue weighted by atomic mass is 35.5. The van der Waals surface area contributed by atoms with Crippen LogP contribution in [0.3, 0.4) is 0 Å². The number of carbonyl (C=O) groups is 11. The number of carbonyl (C=O) groups excluding carboxylic acids is 11. The Kier molecular flexibility index (Phi) is 28.5. The molecule has 468 valence electrons. The Bertz CT molecular complexity index is 2900. The summed E-state index contributed by atoms with van der Waals surface area (Å²) in [4.78, 5) is 146. The summed E-state index contributed by atoms with van der Waals surface area (Å²) in [7, 11) is 1.46. The van der Waals surface area contributed by atoms with E-state index >= 15 is 0 Å². The third kappa shape index (κ3) is 25.0. The maximum Gasteiger partial charge on any atom is 0.417 e. The number of hydrogen-bond acceptors (Lipinski definition) is 16. The van der Waals surface area contributed by atoms with Crippen molar-refractivity contribution in [3.8, 4) is 11.5 Å². The summed E-state index contributed by atoms with van der Waals surface area (Å²) in [6.45, 7) is 8.76. The number of nitrogens with zero attached hydrogens (tertiary/aromatic N) is 3. The number of anilines is 2. The fourth-order valence-corrected chi connectivity index (χ4v) is 7.95. The highest BCUT2D eigenvalue weighted by Gasteiger charge is 2.34. The Morgan fingerprint density at radius 2 is 1.26 bits per heavy atom. The average Bonchev–Trinajstić information content (AvgIpc) is 2.81. The number of ketones is 1. The van der Waals surface area contributed by atoms with Gasteiger partial charge in [-0.15, -0.1) is 0 Å². The van der Waals surface area contributed by atoms with Gasteiger partial charge in [-0.3, -0.25) is 57.8 Å². The number of hydrogen-bond donors (Lipinski definition) is 8. The highest BCUT2D eigenvalue weighted by molar-refractivity contribution is 6.31. The molecule has 2 aromatic carbocycles. The monoisotopic (exact) mass is 1230 g/mol. The average molecular weight is 1230 g/mol. The lowest BCUT2D eigenvalue weighted by Crippen LogP contribution is -2.58. The van der Waals surface area contributed by atoms with Gasteiger partial charge in [-0.2, -0.15) is 13.2 Å². The van der Waals surface area contributed by atoms with Crippen LogP contribution >= 0.6 is 11.6 Å². The molecule has 1 aliphatic heterocycles. The first kappa shape index (κ1) is 69.9. The van der Waals surface area contributed by atoms with E-state index in [1.54, 1.807) is 0 Å². The van der Waals surface area contributed by atoms with Gasteiger partial charge in [-0.25, -0.2) is 4.79 Å². The van der Waals surface area contributed by atoms with E-state index in [9.17, 15) is 65.9 Å². The zero-order valence-corrected chi connectivity index (χ0v) is 48.9. The molecule has 1 aromatic heterocycles. The molecule has 0 radical (unpaired) electrons. The first-order valence-corrected chi connectivity index (χ1v) is 27.5. The summed E-state index contributed by atoms with van der Waals surface area (Å²) in [5.41, 5.74) is -1.01. The molecule has 0 saturated heterocycles. The maximum atomic E-state index is 13.8. The van der Waals surface area contributed by atoms with Crippen molar-refractivity contribution in [2.45, 2.75) is 90.6 Å². The maximum absolute atomic E-state index is 13.8. The Morgan fingerprint density at radius 3 is 1.90 bits per heavy atom. The second-order valence-corrected chi connectivity index (χ2v) is 20.2. The molecular formula is C56H71ClF3N11O15. The highest BCUT2D eigenvalue weighted by Crippen LogP contribution is 2.36. The first-order chi connectivity index (χ1) is 40.7. The lowest BCUT2D eigenvalue weighted by molar-refractivity contribution is -0.138.